The third-order valence-electron chi connectivity index (χ3n) is 3.39. The number of carbonyl (C=O) groups excluding carboxylic acids is 1. The van der Waals surface area contributed by atoms with Crippen LogP contribution in [0, 0.1) is 11.8 Å². The quantitative estimate of drug-likeness (QED) is 0.728. The molecular formula is C11H20N2O. The molecule has 1 amide bonds. The maximum absolute atomic E-state index is 11.6. The number of nitrogens with two attached hydrogens (primary N) is 1. The normalized spacial score (nSPS) is 31.0. The van der Waals surface area contributed by atoms with Crippen LogP contribution >= 0.6 is 0 Å². The number of hydrogen-bond acceptors (Lipinski definition) is 2. The Morgan fingerprint density at radius 1 is 1.36 bits per heavy atom. The highest BCUT2D eigenvalue weighted by Crippen LogP contribution is 2.33. The molecule has 0 heterocycles. The molecule has 3 nitrogen and oxygen atoms in total. The maximum atomic E-state index is 11.6. The minimum atomic E-state index is 0.327. The zero-order valence-corrected chi connectivity index (χ0v) is 8.91. The number of hydrogen-bond donors (Lipinski definition) is 1. The summed E-state index contributed by atoms with van der Waals surface area (Å²) >= 11 is 0. The molecule has 0 aromatic carbocycles. The van der Waals surface area contributed by atoms with Gasteiger partial charge in [0.25, 0.3) is 0 Å². The van der Waals surface area contributed by atoms with Crippen molar-refractivity contribution in [1.29, 1.82) is 0 Å². The van der Waals surface area contributed by atoms with Crippen LogP contribution in [0.5, 0.6) is 0 Å². The fourth-order valence-electron chi connectivity index (χ4n) is 2.15. The van der Waals surface area contributed by atoms with Gasteiger partial charge >= 0.3 is 0 Å². The molecule has 2 aliphatic rings. The van der Waals surface area contributed by atoms with E-state index in [0.717, 1.165) is 25.8 Å². The van der Waals surface area contributed by atoms with Gasteiger partial charge in [0.15, 0.2) is 0 Å². The first kappa shape index (κ1) is 9.97. The number of rotatable bonds is 4. The van der Waals surface area contributed by atoms with E-state index in [1.807, 2.05) is 11.9 Å². The van der Waals surface area contributed by atoms with E-state index in [9.17, 15) is 4.79 Å². The van der Waals surface area contributed by atoms with Crippen molar-refractivity contribution in [1.82, 2.24) is 4.90 Å². The summed E-state index contributed by atoms with van der Waals surface area (Å²) in [4.78, 5) is 13.5. The molecule has 0 aliphatic heterocycles. The van der Waals surface area contributed by atoms with Crippen LogP contribution in [0.25, 0.3) is 0 Å². The maximum Gasteiger partial charge on any atom is 0.222 e. The number of amides is 1. The van der Waals surface area contributed by atoms with Crippen molar-refractivity contribution in [2.45, 2.75) is 38.1 Å². The Kier molecular flexibility index (Phi) is 2.77. The molecule has 3 heteroatoms. The molecule has 0 atom stereocenters. The first-order valence-electron chi connectivity index (χ1n) is 5.64. The Bertz CT molecular complexity index is 219. The predicted molar refractivity (Wildman–Crippen MR) is 55.7 cm³/mol. The van der Waals surface area contributed by atoms with E-state index in [0.29, 0.717) is 23.8 Å². The zero-order valence-electron chi connectivity index (χ0n) is 8.91. The molecule has 2 saturated carbocycles. The molecule has 0 spiro atoms. The average molecular weight is 196 g/mol. The molecule has 0 unspecified atom stereocenters. The van der Waals surface area contributed by atoms with Crippen LogP contribution in [-0.2, 0) is 4.79 Å². The Labute approximate surface area is 85.6 Å². The lowest BCUT2D eigenvalue weighted by Gasteiger charge is -2.35. The van der Waals surface area contributed by atoms with E-state index in [-0.39, 0.29) is 0 Å². The first-order chi connectivity index (χ1) is 6.65. The van der Waals surface area contributed by atoms with Crippen molar-refractivity contribution >= 4 is 5.91 Å². The van der Waals surface area contributed by atoms with Gasteiger partial charge in [-0.2, -0.15) is 0 Å². The summed E-state index contributed by atoms with van der Waals surface area (Å²) < 4.78 is 0. The predicted octanol–water partition coefficient (Wildman–Crippen LogP) is 0.982. The molecule has 2 fully saturated rings. The van der Waals surface area contributed by atoms with Gasteiger partial charge in [-0.05, 0) is 37.5 Å². The summed E-state index contributed by atoms with van der Waals surface area (Å²) in [6, 6.07) is 0.395. The zero-order chi connectivity index (χ0) is 10.1. The van der Waals surface area contributed by atoms with Gasteiger partial charge in [-0.15, -0.1) is 0 Å². The molecular weight excluding hydrogens is 176 g/mol. The van der Waals surface area contributed by atoms with Crippen LogP contribution in [0.15, 0.2) is 0 Å². The lowest BCUT2D eigenvalue weighted by molar-refractivity contribution is -0.131. The number of nitrogens with zero attached hydrogens (tertiary/aromatic N) is 1. The Balaban J connectivity index is 1.66. The minimum absolute atomic E-state index is 0.327. The van der Waals surface area contributed by atoms with Crippen molar-refractivity contribution in [2.24, 2.45) is 17.6 Å². The Morgan fingerprint density at radius 3 is 2.50 bits per heavy atom. The molecule has 2 rings (SSSR count). The summed E-state index contributed by atoms with van der Waals surface area (Å²) in [6.07, 6.45) is 5.49. The monoisotopic (exact) mass is 196 g/mol. The topological polar surface area (TPSA) is 46.3 Å². The smallest absolute Gasteiger partial charge is 0.222 e. The van der Waals surface area contributed by atoms with Gasteiger partial charge in [0.05, 0.1) is 0 Å². The highest BCUT2D eigenvalue weighted by molar-refractivity contribution is 5.76. The average Bonchev–Trinajstić information content (AvgIpc) is 2.85. The molecule has 0 aromatic heterocycles. The van der Waals surface area contributed by atoms with Crippen LogP contribution in [-0.4, -0.2) is 30.4 Å². The molecule has 14 heavy (non-hydrogen) atoms. The molecule has 0 radical (unpaired) electrons. The van der Waals surface area contributed by atoms with E-state index < -0.39 is 0 Å². The van der Waals surface area contributed by atoms with E-state index in [1.54, 1.807) is 0 Å². The molecule has 0 saturated heterocycles. The highest BCUT2D eigenvalue weighted by atomic mass is 16.2. The van der Waals surface area contributed by atoms with Crippen molar-refractivity contribution in [2.75, 3.05) is 13.6 Å². The van der Waals surface area contributed by atoms with Gasteiger partial charge in [0.1, 0.15) is 0 Å². The second-order valence-corrected chi connectivity index (χ2v) is 5.02. The second kappa shape index (κ2) is 3.89. The molecule has 0 aromatic rings. The molecule has 80 valence electrons. The van der Waals surface area contributed by atoms with Crippen molar-refractivity contribution < 1.29 is 4.79 Å². The highest BCUT2D eigenvalue weighted by Gasteiger charge is 2.30. The van der Waals surface area contributed by atoms with Crippen LogP contribution in [0.3, 0.4) is 0 Å². The van der Waals surface area contributed by atoms with Crippen LogP contribution in [0.1, 0.15) is 32.1 Å². The lowest BCUT2D eigenvalue weighted by atomic mass is 9.80. The summed E-state index contributed by atoms with van der Waals surface area (Å²) in [5.74, 6) is 1.69. The van der Waals surface area contributed by atoms with Gasteiger partial charge in [0, 0.05) is 26.1 Å². The van der Waals surface area contributed by atoms with Gasteiger partial charge in [0.2, 0.25) is 5.91 Å². The molecule has 0 bridgehead atoms. The molecule has 2 aliphatic carbocycles. The largest absolute Gasteiger partial charge is 0.345 e. The summed E-state index contributed by atoms with van der Waals surface area (Å²) in [7, 11) is 1.93. The van der Waals surface area contributed by atoms with E-state index >= 15 is 0 Å². The standard InChI is InChI=1S/C11H20N2O/c1-13(7-9-4-10(12)5-9)11(14)6-8-2-3-8/h8-10H,2-7,12H2,1H3. The van der Waals surface area contributed by atoms with E-state index in [1.165, 1.54) is 12.8 Å². The SMILES string of the molecule is CN(CC1CC(N)C1)C(=O)CC1CC1. The number of carbonyl (C=O) groups is 1. The third-order valence-corrected chi connectivity index (χ3v) is 3.39. The lowest BCUT2D eigenvalue weighted by Crippen LogP contribution is -2.43. The summed E-state index contributed by atoms with van der Waals surface area (Å²) in [6.45, 7) is 0.916. The van der Waals surface area contributed by atoms with Gasteiger partial charge in [-0.25, -0.2) is 0 Å². The molecule has 2 N–H and O–H groups in total. The van der Waals surface area contributed by atoms with Crippen LogP contribution < -0.4 is 5.73 Å². The van der Waals surface area contributed by atoms with Crippen LogP contribution in [0.2, 0.25) is 0 Å². The van der Waals surface area contributed by atoms with Crippen molar-refractivity contribution in [3.05, 3.63) is 0 Å². The summed E-state index contributed by atoms with van der Waals surface area (Å²) in [5.41, 5.74) is 5.71. The fourth-order valence-corrected chi connectivity index (χ4v) is 2.15. The summed E-state index contributed by atoms with van der Waals surface area (Å²) in [5, 5.41) is 0. The van der Waals surface area contributed by atoms with Crippen LogP contribution in [0.4, 0.5) is 0 Å². The Hall–Kier alpha value is -0.570. The fraction of sp³-hybridized carbons (Fsp3) is 0.909. The van der Waals surface area contributed by atoms with Crippen molar-refractivity contribution in [3.8, 4) is 0 Å². The van der Waals surface area contributed by atoms with Gasteiger partial charge < -0.3 is 10.6 Å². The van der Waals surface area contributed by atoms with E-state index in [4.69, 9.17) is 5.73 Å². The van der Waals surface area contributed by atoms with Gasteiger partial charge in [-0.3, -0.25) is 4.79 Å². The van der Waals surface area contributed by atoms with Crippen molar-refractivity contribution in [3.63, 3.8) is 0 Å². The third kappa shape index (κ3) is 2.47. The van der Waals surface area contributed by atoms with Gasteiger partial charge in [-0.1, -0.05) is 0 Å². The minimum Gasteiger partial charge on any atom is -0.345 e. The second-order valence-electron chi connectivity index (χ2n) is 5.02. The Morgan fingerprint density at radius 2 is 2.00 bits per heavy atom. The first-order valence-corrected chi connectivity index (χ1v) is 5.64. The van der Waals surface area contributed by atoms with E-state index in [2.05, 4.69) is 0 Å².